The summed E-state index contributed by atoms with van der Waals surface area (Å²) in [6.07, 6.45) is -4.75. The number of aromatic nitrogens is 1. The number of ether oxygens (including phenoxy) is 1. The van der Waals surface area contributed by atoms with E-state index in [1.54, 1.807) is 0 Å². The van der Waals surface area contributed by atoms with Crippen LogP contribution in [-0.2, 0) is 10.9 Å². The van der Waals surface area contributed by atoms with Crippen molar-refractivity contribution in [2.24, 2.45) is 0 Å². The Hall–Kier alpha value is -2.31. The highest BCUT2D eigenvalue weighted by Gasteiger charge is 2.34. The Morgan fingerprint density at radius 2 is 2.07 bits per heavy atom. The zero-order valence-electron chi connectivity index (χ0n) is 13.9. The summed E-state index contributed by atoms with van der Waals surface area (Å²) < 4.78 is 43.9. The number of hydrogen-bond acceptors (Lipinski definition) is 7. The molecule has 0 unspecified atom stereocenters. The Morgan fingerprint density at radius 3 is 2.70 bits per heavy atom. The Labute approximate surface area is 155 Å². The van der Waals surface area contributed by atoms with E-state index >= 15 is 0 Å². The summed E-state index contributed by atoms with van der Waals surface area (Å²) in [6.45, 7) is 3.67. The molecule has 2 aromatic rings. The quantitative estimate of drug-likeness (QED) is 0.607. The maximum absolute atomic E-state index is 12.9. The lowest BCUT2D eigenvalue weighted by atomic mass is 10.2. The minimum Gasteiger partial charge on any atom is -0.379 e. The fourth-order valence-corrected chi connectivity index (χ4v) is 3.59. The number of hydrogen-bond donors (Lipinski definition) is 1. The van der Waals surface area contributed by atoms with Crippen LogP contribution in [0.15, 0.2) is 12.1 Å². The molecule has 27 heavy (non-hydrogen) atoms. The van der Waals surface area contributed by atoms with Gasteiger partial charge in [0.15, 0.2) is 5.01 Å². The predicted octanol–water partition coefficient (Wildman–Crippen LogP) is 2.29. The summed E-state index contributed by atoms with van der Waals surface area (Å²) in [4.78, 5) is 28.4. The van der Waals surface area contributed by atoms with Gasteiger partial charge in [0.2, 0.25) is 0 Å². The van der Waals surface area contributed by atoms with E-state index in [1.807, 2.05) is 0 Å². The second kappa shape index (κ2) is 7.74. The average molecular weight is 404 g/mol. The van der Waals surface area contributed by atoms with Crippen molar-refractivity contribution in [3.63, 3.8) is 0 Å². The molecule has 0 aliphatic carbocycles. The third-order valence-electron chi connectivity index (χ3n) is 4.01. The molecule has 3 rings (SSSR count). The Bertz CT molecular complexity index is 865. The third kappa shape index (κ3) is 4.51. The van der Waals surface area contributed by atoms with Crippen LogP contribution in [0.3, 0.4) is 0 Å². The number of rotatable bonds is 5. The number of nitrogens with one attached hydrogen (secondary N) is 1. The molecule has 2 heterocycles. The van der Waals surface area contributed by atoms with E-state index in [9.17, 15) is 28.1 Å². The molecule has 0 bridgehead atoms. The molecule has 1 aromatic heterocycles. The van der Waals surface area contributed by atoms with Crippen LogP contribution in [0.4, 0.5) is 18.9 Å². The van der Waals surface area contributed by atoms with Crippen LogP contribution in [0.1, 0.15) is 15.4 Å². The Kier molecular flexibility index (Phi) is 5.58. The number of nitro benzene ring substituents is 1. The smallest absolute Gasteiger partial charge is 0.379 e. The lowest BCUT2D eigenvalue weighted by Gasteiger charge is -2.26. The van der Waals surface area contributed by atoms with Gasteiger partial charge in [-0.15, -0.1) is 11.3 Å². The SMILES string of the molecule is O=C(NCCN1CCOCC1)c1nc2cc(C(F)(F)F)cc([N+](=O)[O-])c2s1. The number of amides is 1. The molecule has 1 saturated heterocycles. The third-order valence-corrected chi connectivity index (χ3v) is 5.10. The van der Waals surface area contributed by atoms with Crippen molar-refractivity contribution in [1.29, 1.82) is 0 Å². The lowest BCUT2D eigenvalue weighted by Crippen LogP contribution is -2.41. The van der Waals surface area contributed by atoms with Gasteiger partial charge in [0.1, 0.15) is 4.70 Å². The van der Waals surface area contributed by atoms with Gasteiger partial charge in [-0.25, -0.2) is 4.98 Å². The number of carbonyl (C=O) groups excluding carboxylic acids is 1. The lowest BCUT2D eigenvalue weighted by molar-refractivity contribution is -0.383. The fourth-order valence-electron chi connectivity index (χ4n) is 2.64. The van der Waals surface area contributed by atoms with Crippen LogP contribution < -0.4 is 5.32 Å². The first kappa shape index (κ1) is 19.5. The number of nitro groups is 1. The zero-order chi connectivity index (χ0) is 19.6. The standard InChI is InChI=1S/C15H15F3N4O4S/c16-15(17,18)9-7-10-12(11(8-9)22(24)25)27-14(20-10)13(23)19-1-2-21-3-5-26-6-4-21/h7-8H,1-6H2,(H,19,23). The van der Waals surface area contributed by atoms with E-state index in [-0.39, 0.29) is 15.2 Å². The maximum Gasteiger partial charge on any atom is 0.416 e. The Balaban J connectivity index is 1.77. The first-order valence-corrected chi connectivity index (χ1v) is 8.82. The summed E-state index contributed by atoms with van der Waals surface area (Å²) in [5, 5.41) is 13.6. The number of halogens is 3. The largest absolute Gasteiger partial charge is 0.416 e. The molecular weight excluding hydrogens is 389 g/mol. The molecular formula is C15H15F3N4O4S. The van der Waals surface area contributed by atoms with Gasteiger partial charge in [-0.2, -0.15) is 13.2 Å². The van der Waals surface area contributed by atoms with Crippen molar-refractivity contribution >= 4 is 33.1 Å². The molecule has 1 amide bonds. The first-order chi connectivity index (χ1) is 12.8. The highest BCUT2D eigenvalue weighted by molar-refractivity contribution is 7.20. The van der Waals surface area contributed by atoms with E-state index in [4.69, 9.17) is 4.74 Å². The number of non-ortho nitro benzene ring substituents is 1. The zero-order valence-corrected chi connectivity index (χ0v) is 14.7. The molecule has 0 saturated carbocycles. The van der Waals surface area contributed by atoms with Gasteiger partial charge in [0.25, 0.3) is 11.6 Å². The van der Waals surface area contributed by atoms with E-state index in [0.29, 0.717) is 49.8 Å². The highest BCUT2D eigenvalue weighted by atomic mass is 32.1. The van der Waals surface area contributed by atoms with Crippen LogP contribution in [-0.4, -0.2) is 60.1 Å². The van der Waals surface area contributed by atoms with Crippen LogP contribution >= 0.6 is 11.3 Å². The second-order valence-electron chi connectivity index (χ2n) is 5.83. The van der Waals surface area contributed by atoms with Crippen molar-refractivity contribution in [2.45, 2.75) is 6.18 Å². The normalized spacial score (nSPS) is 15.8. The van der Waals surface area contributed by atoms with Crippen LogP contribution in [0.25, 0.3) is 10.2 Å². The van der Waals surface area contributed by atoms with Gasteiger partial charge in [0, 0.05) is 32.2 Å². The van der Waals surface area contributed by atoms with Gasteiger partial charge < -0.3 is 10.1 Å². The number of fused-ring (bicyclic) bond motifs is 1. The summed E-state index contributed by atoms with van der Waals surface area (Å²) in [7, 11) is 0. The molecule has 12 heteroatoms. The fraction of sp³-hybridized carbons (Fsp3) is 0.467. The molecule has 0 spiro atoms. The second-order valence-corrected chi connectivity index (χ2v) is 6.83. The van der Waals surface area contributed by atoms with Gasteiger partial charge in [0.05, 0.1) is 29.2 Å². The van der Waals surface area contributed by atoms with Gasteiger partial charge in [-0.1, -0.05) is 0 Å². The molecule has 1 aliphatic rings. The van der Waals surface area contributed by atoms with Crippen LogP contribution in [0.5, 0.6) is 0 Å². The molecule has 1 aromatic carbocycles. The van der Waals surface area contributed by atoms with Crippen molar-refractivity contribution in [3.8, 4) is 0 Å². The monoisotopic (exact) mass is 404 g/mol. The molecule has 1 N–H and O–H groups in total. The first-order valence-electron chi connectivity index (χ1n) is 8.00. The van der Waals surface area contributed by atoms with E-state index in [1.165, 1.54) is 0 Å². The van der Waals surface area contributed by atoms with E-state index in [0.717, 1.165) is 13.1 Å². The van der Waals surface area contributed by atoms with Crippen molar-refractivity contribution in [3.05, 3.63) is 32.8 Å². The minimum absolute atomic E-state index is 0.0636. The average Bonchev–Trinajstić information content (AvgIpc) is 3.05. The number of alkyl halides is 3. The number of carbonyl (C=O) groups is 1. The molecule has 146 valence electrons. The topological polar surface area (TPSA) is 97.6 Å². The van der Waals surface area contributed by atoms with Crippen LogP contribution in [0.2, 0.25) is 0 Å². The molecule has 1 aliphatic heterocycles. The van der Waals surface area contributed by atoms with Gasteiger partial charge in [-0.3, -0.25) is 19.8 Å². The molecule has 1 fully saturated rings. The van der Waals surface area contributed by atoms with E-state index < -0.39 is 28.3 Å². The van der Waals surface area contributed by atoms with Crippen molar-refractivity contribution in [1.82, 2.24) is 15.2 Å². The van der Waals surface area contributed by atoms with Crippen LogP contribution in [0, 0.1) is 10.1 Å². The highest BCUT2D eigenvalue weighted by Crippen LogP contribution is 2.38. The number of thiazole rings is 1. The van der Waals surface area contributed by atoms with Gasteiger partial charge >= 0.3 is 6.18 Å². The number of morpholine rings is 1. The summed E-state index contributed by atoms with van der Waals surface area (Å²) >= 11 is 0.700. The van der Waals surface area contributed by atoms with Crippen molar-refractivity contribution < 1.29 is 27.6 Å². The van der Waals surface area contributed by atoms with E-state index in [2.05, 4.69) is 15.2 Å². The molecule has 0 radical (unpaired) electrons. The summed E-state index contributed by atoms with van der Waals surface area (Å²) in [6, 6.07) is 1.17. The van der Waals surface area contributed by atoms with Crippen molar-refractivity contribution in [2.75, 3.05) is 39.4 Å². The predicted molar refractivity (Wildman–Crippen MR) is 90.9 cm³/mol. The summed E-state index contributed by atoms with van der Waals surface area (Å²) in [5.74, 6) is -0.577. The molecule has 0 atom stereocenters. The number of nitrogens with zero attached hydrogens (tertiary/aromatic N) is 3. The molecule has 8 nitrogen and oxygen atoms in total. The summed E-state index contributed by atoms with van der Waals surface area (Å²) in [5.41, 5.74) is -2.11. The van der Waals surface area contributed by atoms with Gasteiger partial charge in [-0.05, 0) is 6.07 Å². The maximum atomic E-state index is 12.9. The minimum atomic E-state index is -4.75. The number of benzene rings is 1. The Morgan fingerprint density at radius 1 is 1.37 bits per heavy atom.